The summed E-state index contributed by atoms with van der Waals surface area (Å²) in [6, 6.07) is 7.66. The fourth-order valence-electron chi connectivity index (χ4n) is 2.41. The maximum atomic E-state index is 11.5. The summed E-state index contributed by atoms with van der Waals surface area (Å²) in [6.07, 6.45) is 3.47. The number of rotatable bonds is 6. The van der Waals surface area contributed by atoms with Crippen molar-refractivity contribution in [2.45, 2.75) is 20.3 Å². The van der Waals surface area contributed by atoms with Gasteiger partial charge in [-0.25, -0.2) is 4.98 Å². The Kier molecular flexibility index (Phi) is 5.12. The quantitative estimate of drug-likeness (QED) is 0.586. The number of hydrogen-bond acceptors (Lipinski definition) is 7. The molecule has 0 unspecified atom stereocenters. The average Bonchev–Trinajstić information content (AvgIpc) is 3.03. The third-order valence-corrected chi connectivity index (χ3v) is 3.78. The molecule has 0 atom stereocenters. The van der Waals surface area contributed by atoms with Crippen molar-refractivity contribution in [1.82, 2.24) is 20.2 Å². The van der Waals surface area contributed by atoms with Crippen LogP contribution in [0.2, 0.25) is 0 Å². The molecule has 3 N–H and O–H groups in total. The molecule has 0 aliphatic carbocycles. The predicted octanol–water partition coefficient (Wildman–Crippen LogP) is 3.02. The van der Waals surface area contributed by atoms with E-state index < -0.39 is 0 Å². The summed E-state index contributed by atoms with van der Waals surface area (Å²) >= 11 is 0. The fraction of sp³-hybridized carbons (Fsp3) is 0.222. The van der Waals surface area contributed by atoms with Crippen molar-refractivity contribution in [2.24, 2.45) is 0 Å². The first-order valence-corrected chi connectivity index (χ1v) is 8.08. The van der Waals surface area contributed by atoms with Crippen LogP contribution in [-0.2, 0) is 16.0 Å². The summed E-state index contributed by atoms with van der Waals surface area (Å²) in [5.41, 5.74) is 3.69. The number of nitrogens with one attached hydrogen (secondary N) is 3. The number of benzene rings is 1. The van der Waals surface area contributed by atoms with E-state index in [0.717, 1.165) is 22.5 Å². The van der Waals surface area contributed by atoms with E-state index in [9.17, 15) is 4.79 Å². The van der Waals surface area contributed by atoms with Gasteiger partial charge in [0.25, 0.3) is 0 Å². The molecule has 8 heteroatoms. The summed E-state index contributed by atoms with van der Waals surface area (Å²) in [5.74, 6) is 1.55. The first-order chi connectivity index (χ1) is 12.5. The minimum atomic E-state index is -0.273. The zero-order valence-electron chi connectivity index (χ0n) is 14.8. The number of nitrogens with zero attached hydrogens (tertiary/aromatic N) is 3. The molecular formula is C18H20N6O2. The van der Waals surface area contributed by atoms with Gasteiger partial charge in [-0.1, -0.05) is 6.07 Å². The van der Waals surface area contributed by atoms with Gasteiger partial charge in [0.1, 0.15) is 0 Å². The Morgan fingerprint density at radius 2 is 1.88 bits per heavy atom. The molecule has 0 aliphatic rings. The average molecular weight is 352 g/mol. The third-order valence-electron chi connectivity index (χ3n) is 3.78. The molecule has 0 saturated carbocycles. The molecule has 0 aliphatic heterocycles. The standard InChI is InChI=1S/C18H20N6O2/c1-11-4-5-14(7-13(11)8-18(25)26-3)20-16-9-19-10-17(22-16)21-15-6-12(2)23-24-15/h4-7,9-10H,8H2,1-3H3,(H3,20,21,22,23,24). The zero-order valence-corrected chi connectivity index (χ0v) is 14.8. The van der Waals surface area contributed by atoms with Crippen LogP contribution in [0.25, 0.3) is 0 Å². The molecule has 2 heterocycles. The van der Waals surface area contributed by atoms with Gasteiger partial charge in [0.15, 0.2) is 17.5 Å². The molecule has 0 amide bonds. The molecule has 0 saturated heterocycles. The number of aromatic amines is 1. The molecule has 3 aromatic rings. The second-order valence-corrected chi connectivity index (χ2v) is 5.87. The lowest BCUT2D eigenvalue weighted by molar-refractivity contribution is -0.139. The maximum Gasteiger partial charge on any atom is 0.309 e. The number of anilines is 4. The lowest BCUT2D eigenvalue weighted by Crippen LogP contribution is -2.06. The predicted molar refractivity (Wildman–Crippen MR) is 98.8 cm³/mol. The van der Waals surface area contributed by atoms with Crippen LogP contribution in [0.5, 0.6) is 0 Å². The van der Waals surface area contributed by atoms with Gasteiger partial charge in [-0.15, -0.1) is 0 Å². The van der Waals surface area contributed by atoms with Crippen molar-refractivity contribution in [3.05, 3.63) is 53.5 Å². The number of carbonyl (C=O) groups excluding carboxylic acids is 1. The van der Waals surface area contributed by atoms with E-state index in [4.69, 9.17) is 4.74 Å². The van der Waals surface area contributed by atoms with E-state index in [0.29, 0.717) is 17.5 Å². The maximum absolute atomic E-state index is 11.5. The SMILES string of the molecule is COC(=O)Cc1cc(Nc2cncc(Nc3cc(C)[nH]n3)n2)ccc1C. The van der Waals surface area contributed by atoms with Gasteiger partial charge in [0.05, 0.1) is 25.9 Å². The number of methoxy groups -OCH3 is 1. The molecule has 0 fully saturated rings. The largest absolute Gasteiger partial charge is 0.469 e. The van der Waals surface area contributed by atoms with Crippen molar-refractivity contribution >= 4 is 29.1 Å². The van der Waals surface area contributed by atoms with Gasteiger partial charge in [-0.3, -0.25) is 14.9 Å². The smallest absolute Gasteiger partial charge is 0.309 e. The second kappa shape index (κ2) is 7.64. The first kappa shape index (κ1) is 17.4. The van der Waals surface area contributed by atoms with Gasteiger partial charge < -0.3 is 15.4 Å². The monoisotopic (exact) mass is 352 g/mol. The molecule has 134 valence electrons. The molecule has 0 radical (unpaired) electrons. The highest BCUT2D eigenvalue weighted by Gasteiger charge is 2.08. The van der Waals surface area contributed by atoms with Crippen LogP contribution in [0.15, 0.2) is 36.7 Å². The number of hydrogen-bond donors (Lipinski definition) is 3. The van der Waals surface area contributed by atoms with Gasteiger partial charge in [0, 0.05) is 17.4 Å². The van der Waals surface area contributed by atoms with Crippen molar-refractivity contribution in [1.29, 1.82) is 0 Å². The Morgan fingerprint density at radius 1 is 1.12 bits per heavy atom. The number of ether oxygens (including phenoxy) is 1. The minimum Gasteiger partial charge on any atom is -0.469 e. The van der Waals surface area contributed by atoms with E-state index in [2.05, 4.69) is 30.8 Å². The van der Waals surface area contributed by atoms with Gasteiger partial charge >= 0.3 is 5.97 Å². The Labute approximate surface area is 151 Å². The Bertz CT molecular complexity index is 922. The van der Waals surface area contributed by atoms with Crippen LogP contribution >= 0.6 is 0 Å². The molecule has 3 rings (SSSR count). The third kappa shape index (κ3) is 4.35. The molecule has 1 aromatic carbocycles. The van der Waals surface area contributed by atoms with Crippen LogP contribution in [0.4, 0.5) is 23.1 Å². The summed E-state index contributed by atoms with van der Waals surface area (Å²) in [4.78, 5) is 20.2. The van der Waals surface area contributed by atoms with E-state index in [1.807, 2.05) is 38.1 Å². The Morgan fingerprint density at radius 3 is 2.58 bits per heavy atom. The number of aryl methyl sites for hydroxylation is 2. The molecule has 8 nitrogen and oxygen atoms in total. The summed E-state index contributed by atoms with van der Waals surface area (Å²) < 4.78 is 4.74. The Balaban J connectivity index is 1.75. The summed E-state index contributed by atoms with van der Waals surface area (Å²) in [5, 5.41) is 13.3. The number of esters is 1. The first-order valence-electron chi connectivity index (χ1n) is 8.08. The van der Waals surface area contributed by atoms with Crippen LogP contribution in [-0.4, -0.2) is 33.2 Å². The van der Waals surface area contributed by atoms with Gasteiger partial charge in [-0.05, 0) is 37.1 Å². The van der Waals surface area contributed by atoms with Crippen LogP contribution in [0, 0.1) is 13.8 Å². The van der Waals surface area contributed by atoms with E-state index in [1.165, 1.54) is 7.11 Å². The summed E-state index contributed by atoms with van der Waals surface area (Å²) in [6.45, 7) is 3.88. The van der Waals surface area contributed by atoms with Crippen LogP contribution in [0.1, 0.15) is 16.8 Å². The number of carbonyl (C=O) groups is 1. The fourth-order valence-corrected chi connectivity index (χ4v) is 2.41. The molecular weight excluding hydrogens is 332 g/mol. The number of aromatic nitrogens is 4. The highest BCUT2D eigenvalue weighted by Crippen LogP contribution is 2.21. The van der Waals surface area contributed by atoms with Gasteiger partial charge in [-0.2, -0.15) is 5.10 Å². The Hall–Kier alpha value is -3.42. The normalized spacial score (nSPS) is 10.4. The van der Waals surface area contributed by atoms with Crippen molar-refractivity contribution in [3.8, 4) is 0 Å². The van der Waals surface area contributed by atoms with Gasteiger partial charge in [0.2, 0.25) is 0 Å². The lowest BCUT2D eigenvalue weighted by atomic mass is 10.0. The highest BCUT2D eigenvalue weighted by atomic mass is 16.5. The number of H-pyrrole nitrogens is 1. The van der Waals surface area contributed by atoms with E-state index in [1.54, 1.807) is 12.4 Å². The van der Waals surface area contributed by atoms with Crippen molar-refractivity contribution in [2.75, 3.05) is 17.7 Å². The van der Waals surface area contributed by atoms with Crippen LogP contribution in [0.3, 0.4) is 0 Å². The van der Waals surface area contributed by atoms with E-state index in [-0.39, 0.29) is 12.4 Å². The topological polar surface area (TPSA) is 105 Å². The molecule has 0 bridgehead atoms. The zero-order chi connectivity index (χ0) is 18.5. The molecule has 2 aromatic heterocycles. The molecule has 0 spiro atoms. The van der Waals surface area contributed by atoms with E-state index >= 15 is 0 Å². The van der Waals surface area contributed by atoms with Crippen molar-refractivity contribution < 1.29 is 9.53 Å². The van der Waals surface area contributed by atoms with Crippen LogP contribution < -0.4 is 10.6 Å². The second-order valence-electron chi connectivity index (χ2n) is 5.87. The molecule has 26 heavy (non-hydrogen) atoms. The highest BCUT2D eigenvalue weighted by molar-refractivity contribution is 5.74. The summed E-state index contributed by atoms with van der Waals surface area (Å²) in [7, 11) is 1.38. The van der Waals surface area contributed by atoms with Crippen molar-refractivity contribution in [3.63, 3.8) is 0 Å². The minimum absolute atomic E-state index is 0.226. The lowest BCUT2D eigenvalue weighted by Gasteiger charge is -2.10.